The Balaban J connectivity index is 1.85. The summed E-state index contributed by atoms with van der Waals surface area (Å²) in [4.78, 5) is 2.16. The normalized spacial score (nSPS) is 11.2. The average molecular weight is 406 g/mol. The summed E-state index contributed by atoms with van der Waals surface area (Å²) in [6.45, 7) is 4.98. The predicted octanol–water partition coefficient (Wildman–Crippen LogP) is 6.09. The summed E-state index contributed by atoms with van der Waals surface area (Å²) >= 11 is 17.8. The van der Waals surface area contributed by atoms with E-state index in [0.29, 0.717) is 15.2 Å². The van der Waals surface area contributed by atoms with E-state index in [-0.39, 0.29) is 6.04 Å². The van der Waals surface area contributed by atoms with Gasteiger partial charge in [0.2, 0.25) is 0 Å². The molecule has 0 bridgehead atoms. The van der Waals surface area contributed by atoms with Crippen molar-refractivity contribution in [1.29, 1.82) is 0 Å². The Morgan fingerprint density at radius 1 is 1.15 bits per heavy atom. The maximum atomic E-state index is 6.09. The van der Waals surface area contributed by atoms with E-state index in [4.69, 9.17) is 35.4 Å². The summed E-state index contributed by atoms with van der Waals surface area (Å²) in [5.74, 6) is 0. The first-order valence-electron chi connectivity index (χ1n) is 8.42. The fraction of sp³-hybridized carbons (Fsp3) is 0.250. The molecule has 0 spiro atoms. The van der Waals surface area contributed by atoms with Gasteiger partial charge in [0.25, 0.3) is 0 Å². The monoisotopic (exact) mass is 405 g/mol. The van der Waals surface area contributed by atoms with Gasteiger partial charge in [-0.25, -0.2) is 0 Å². The van der Waals surface area contributed by atoms with E-state index < -0.39 is 0 Å². The molecule has 1 heterocycles. The number of benzene rings is 2. The molecule has 0 fully saturated rings. The number of nitrogens with zero attached hydrogens (tertiary/aromatic N) is 2. The third-order valence-corrected chi connectivity index (χ3v) is 5.09. The van der Waals surface area contributed by atoms with Crippen molar-refractivity contribution in [3.63, 3.8) is 0 Å². The lowest BCUT2D eigenvalue weighted by Crippen LogP contribution is -2.39. The second-order valence-electron chi connectivity index (χ2n) is 6.59. The van der Waals surface area contributed by atoms with Crippen LogP contribution < -0.4 is 5.32 Å². The first kappa shape index (κ1) is 19.0. The van der Waals surface area contributed by atoms with E-state index in [1.807, 2.05) is 12.1 Å². The highest BCUT2D eigenvalue weighted by atomic mass is 35.5. The van der Waals surface area contributed by atoms with Gasteiger partial charge < -0.3 is 14.8 Å². The third kappa shape index (κ3) is 4.14. The van der Waals surface area contributed by atoms with Crippen LogP contribution in [0.2, 0.25) is 10.0 Å². The standard InChI is InChI=1S/C20H21Cl2N3S/c1-13(2)25(20(26)23-17-9-15(21)8-16(22)10-17)12-14-11-24(3)19-7-5-4-6-18(14)19/h4-11,13H,12H2,1-3H3,(H,23,26). The Labute approximate surface area is 169 Å². The van der Waals surface area contributed by atoms with Crippen LogP contribution in [-0.2, 0) is 13.6 Å². The van der Waals surface area contributed by atoms with Crippen LogP contribution in [0.1, 0.15) is 19.4 Å². The quantitative estimate of drug-likeness (QED) is 0.530. The lowest BCUT2D eigenvalue weighted by atomic mass is 10.1. The number of thiocarbonyl (C=S) groups is 1. The molecule has 3 aromatic rings. The minimum absolute atomic E-state index is 0.239. The highest BCUT2D eigenvalue weighted by Crippen LogP contribution is 2.25. The van der Waals surface area contributed by atoms with Crippen LogP contribution in [0, 0.1) is 0 Å². The summed E-state index contributed by atoms with van der Waals surface area (Å²) in [7, 11) is 2.07. The molecule has 26 heavy (non-hydrogen) atoms. The topological polar surface area (TPSA) is 20.2 Å². The van der Waals surface area contributed by atoms with E-state index >= 15 is 0 Å². The molecule has 1 N–H and O–H groups in total. The fourth-order valence-electron chi connectivity index (χ4n) is 3.05. The van der Waals surface area contributed by atoms with Crippen molar-refractivity contribution in [3.05, 3.63) is 64.3 Å². The number of anilines is 1. The zero-order valence-corrected chi connectivity index (χ0v) is 17.3. The first-order chi connectivity index (χ1) is 12.3. The highest BCUT2D eigenvalue weighted by molar-refractivity contribution is 7.80. The molecule has 3 nitrogen and oxygen atoms in total. The van der Waals surface area contributed by atoms with Crippen LogP contribution in [0.4, 0.5) is 5.69 Å². The number of para-hydroxylation sites is 1. The molecule has 0 aliphatic heterocycles. The number of fused-ring (bicyclic) bond motifs is 1. The first-order valence-corrected chi connectivity index (χ1v) is 9.58. The van der Waals surface area contributed by atoms with E-state index in [0.717, 1.165) is 12.2 Å². The van der Waals surface area contributed by atoms with Gasteiger partial charge in [0.05, 0.1) is 0 Å². The van der Waals surface area contributed by atoms with Gasteiger partial charge >= 0.3 is 0 Å². The zero-order valence-electron chi connectivity index (χ0n) is 15.0. The molecule has 0 aliphatic carbocycles. The minimum Gasteiger partial charge on any atom is -0.350 e. The Hall–Kier alpha value is -1.75. The summed E-state index contributed by atoms with van der Waals surface area (Å²) in [6, 6.07) is 14.0. The zero-order chi connectivity index (χ0) is 18.8. The van der Waals surface area contributed by atoms with E-state index in [1.54, 1.807) is 6.07 Å². The van der Waals surface area contributed by atoms with E-state index in [2.05, 4.69) is 66.1 Å². The summed E-state index contributed by atoms with van der Waals surface area (Å²) < 4.78 is 2.15. The fourth-order valence-corrected chi connectivity index (χ4v) is 3.96. The van der Waals surface area contributed by atoms with Gasteiger partial charge in [-0.1, -0.05) is 41.4 Å². The number of aryl methyl sites for hydroxylation is 1. The summed E-state index contributed by atoms with van der Waals surface area (Å²) in [6.07, 6.45) is 2.17. The van der Waals surface area contributed by atoms with Gasteiger partial charge in [-0.2, -0.15) is 0 Å². The van der Waals surface area contributed by atoms with Crippen LogP contribution in [0.25, 0.3) is 10.9 Å². The second-order valence-corrected chi connectivity index (χ2v) is 7.85. The summed E-state index contributed by atoms with van der Waals surface area (Å²) in [5, 5.41) is 6.30. The second kappa shape index (κ2) is 7.87. The molecule has 6 heteroatoms. The number of halogens is 2. The highest BCUT2D eigenvalue weighted by Gasteiger charge is 2.17. The lowest BCUT2D eigenvalue weighted by molar-refractivity contribution is 0.349. The van der Waals surface area contributed by atoms with Crippen molar-refractivity contribution in [2.75, 3.05) is 5.32 Å². The van der Waals surface area contributed by atoms with Gasteiger partial charge in [-0.3, -0.25) is 0 Å². The maximum Gasteiger partial charge on any atom is 0.173 e. The molecule has 0 unspecified atom stereocenters. The van der Waals surface area contributed by atoms with Crippen molar-refractivity contribution < 1.29 is 0 Å². The Kier molecular flexibility index (Phi) is 5.76. The van der Waals surface area contributed by atoms with E-state index in [1.165, 1.54) is 16.5 Å². The molecule has 136 valence electrons. The Bertz CT molecular complexity index is 929. The Morgan fingerprint density at radius 2 is 1.81 bits per heavy atom. The molecule has 3 rings (SSSR count). The van der Waals surface area contributed by atoms with E-state index in [9.17, 15) is 0 Å². The van der Waals surface area contributed by atoms with Gasteiger partial charge in [0.1, 0.15) is 0 Å². The number of hydrogen-bond acceptors (Lipinski definition) is 1. The van der Waals surface area contributed by atoms with Crippen molar-refractivity contribution in [1.82, 2.24) is 9.47 Å². The van der Waals surface area contributed by atoms with Crippen molar-refractivity contribution in [2.45, 2.75) is 26.4 Å². The number of rotatable bonds is 4. The molecule has 0 saturated carbocycles. The number of aromatic nitrogens is 1. The predicted molar refractivity (Wildman–Crippen MR) is 116 cm³/mol. The molecule has 0 aliphatic rings. The number of hydrogen-bond donors (Lipinski definition) is 1. The molecule has 0 radical (unpaired) electrons. The Morgan fingerprint density at radius 3 is 2.46 bits per heavy atom. The van der Waals surface area contributed by atoms with Crippen molar-refractivity contribution >= 4 is 57.1 Å². The SMILES string of the molecule is CC(C)N(Cc1cn(C)c2ccccc12)C(=S)Nc1cc(Cl)cc(Cl)c1. The van der Waals surface area contributed by atoms with Crippen LogP contribution in [0.5, 0.6) is 0 Å². The van der Waals surface area contributed by atoms with Crippen LogP contribution in [0.15, 0.2) is 48.7 Å². The maximum absolute atomic E-state index is 6.09. The average Bonchev–Trinajstić information content (AvgIpc) is 2.88. The molecule has 0 atom stereocenters. The molecule has 0 amide bonds. The van der Waals surface area contributed by atoms with Crippen molar-refractivity contribution in [3.8, 4) is 0 Å². The molecule has 0 saturated heterocycles. The van der Waals surface area contributed by atoms with Gasteiger partial charge in [0.15, 0.2) is 5.11 Å². The van der Waals surface area contributed by atoms with Crippen LogP contribution in [0.3, 0.4) is 0 Å². The van der Waals surface area contributed by atoms with Gasteiger partial charge in [-0.15, -0.1) is 0 Å². The van der Waals surface area contributed by atoms with Crippen LogP contribution >= 0.6 is 35.4 Å². The molecular formula is C20H21Cl2N3S. The molecule has 1 aromatic heterocycles. The van der Waals surface area contributed by atoms with Crippen molar-refractivity contribution in [2.24, 2.45) is 7.05 Å². The van der Waals surface area contributed by atoms with Crippen LogP contribution in [-0.4, -0.2) is 20.6 Å². The summed E-state index contributed by atoms with van der Waals surface area (Å²) in [5.41, 5.74) is 3.24. The molecule has 2 aromatic carbocycles. The van der Waals surface area contributed by atoms with Gasteiger partial charge in [0, 0.05) is 52.5 Å². The third-order valence-electron chi connectivity index (χ3n) is 4.32. The molecular weight excluding hydrogens is 385 g/mol. The lowest BCUT2D eigenvalue weighted by Gasteiger charge is -2.29. The smallest absolute Gasteiger partial charge is 0.173 e. The number of nitrogens with one attached hydrogen (secondary N) is 1. The van der Waals surface area contributed by atoms with Gasteiger partial charge in [-0.05, 0) is 55.9 Å². The minimum atomic E-state index is 0.239. The largest absolute Gasteiger partial charge is 0.350 e.